The first-order chi connectivity index (χ1) is 9.63. The van der Waals surface area contributed by atoms with Crippen molar-refractivity contribution in [3.63, 3.8) is 0 Å². The van der Waals surface area contributed by atoms with Crippen molar-refractivity contribution >= 4 is 11.6 Å². The number of carbonyl (C=O) groups is 1. The van der Waals surface area contributed by atoms with Crippen LogP contribution < -0.4 is 11.1 Å². The largest absolute Gasteiger partial charge is 0.399 e. The molecule has 2 fully saturated rings. The van der Waals surface area contributed by atoms with Gasteiger partial charge < -0.3 is 11.1 Å². The molecular formula is C17H24N2O. The highest BCUT2D eigenvalue weighted by atomic mass is 16.1. The van der Waals surface area contributed by atoms with E-state index in [1.165, 1.54) is 31.2 Å². The van der Waals surface area contributed by atoms with E-state index < -0.39 is 0 Å². The Morgan fingerprint density at radius 1 is 1.20 bits per heavy atom. The Morgan fingerprint density at radius 2 is 1.75 bits per heavy atom. The maximum absolute atomic E-state index is 12.2. The fraction of sp³-hybridized carbons (Fsp3) is 0.588. The summed E-state index contributed by atoms with van der Waals surface area (Å²) in [4.78, 5) is 12.2. The van der Waals surface area contributed by atoms with Gasteiger partial charge in [-0.2, -0.15) is 0 Å². The Labute approximate surface area is 120 Å². The van der Waals surface area contributed by atoms with Crippen molar-refractivity contribution in [2.45, 2.75) is 51.0 Å². The monoisotopic (exact) mass is 272 g/mol. The average molecular weight is 272 g/mol. The van der Waals surface area contributed by atoms with Crippen LogP contribution in [0.25, 0.3) is 0 Å². The molecule has 3 heteroatoms. The number of rotatable bonds is 6. The molecule has 1 atom stereocenters. The van der Waals surface area contributed by atoms with E-state index in [1.54, 1.807) is 0 Å². The summed E-state index contributed by atoms with van der Waals surface area (Å²) in [5, 5.41) is 3.29. The van der Waals surface area contributed by atoms with Crippen molar-refractivity contribution in [1.82, 2.24) is 5.32 Å². The molecule has 3 N–H and O–H groups in total. The predicted octanol–water partition coefficient (Wildman–Crippen LogP) is 3.07. The van der Waals surface area contributed by atoms with Crippen molar-refractivity contribution in [3.8, 4) is 0 Å². The number of benzene rings is 1. The minimum Gasteiger partial charge on any atom is -0.399 e. The molecule has 1 aromatic carbocycles. The number of nitrogens with two attached hydrogens (primary N) is 1. The summed E-state index contributed by atoms with van der Waals surface area (Å²) in [6.07, 6.45) is 5.77. The fourth-order valence-electron chi connectivity index (χ4n) is 3.00. The molecule has 0 aromatic heterocycles. The minimum atomic E-state index is 0.207. The van der Waals surface area contributed by atoms with E-state index in [0.717, 1.165) is 17.5 Å². The number of nitrogen functional groups attached to an aromatic ring is 1. The third-order valence-electron chi connectivity index (χ3n) is 4.58. The van der Waals surface area contributed by atoms with Gasteiger partial charge in [0.05, 0.1) is 0 Å². The molecule has 20 heavy (non-hydrogen) atoms. The summed E-state index contributed by atoms with van der Waals surface area (Å²) in [7, 11) is 0. The van der Waals surface area contributed by atoms with Crippen LogP contribution in [-0.4, -0.2) is 11.9 Å². The molecule has 0 bridgehead atoms. The van der Waals surface area contributed by atoms with Gasteiger partial charge in [0.25, 0.3) is 0 Å². The number of carbonyl (C=O) groups excluding carboxylic acids is 1. The van der Waals surface area contributed by atoms with Crippen LogP contribution >= 0.6 is 0 Å². The standard InChI is InChI=1S/C17H24N2O/c1-11(12-6-8-15(18)9-7-12)10-16(20)19-17(13-2-3-13)14-4-5-14/h6-9,11,13-14,17H,2-5,10,18H2,1H3,(H,19,20). The lowest BCUT2D eigenvalue weighted by atomic mass is 9.96. The Morgan fingerprint density at radius 3 is 2.25 bits per heavy atom. The van der Waals surface area contributed by atoms with E-state index in [-0.39, 0.29) is 11.8 Å². The molecule has 3 nitrogen and oxygen atoms in total. The molecular weight excluding hydrogens is 248 g/mol. The van der Waals surface area contributed by atoms with E-state index >= 15 is 0 Å². The molecule has 0 heterocycles. The van der Waals surface area contributed by atoms with E-state index in [2.05, 4.69) is 12.2 Å². The first kappa shape index (κ1) is 13.5. The van der Waals surface area contributed by atoms with E-state index in [0.29, 0.717) is 12.5 Å². The van der Waals surface area contributed by atoms with E-state index in [4.69, 9.17) is 5.73 Å². The normalized spacial score (nSPS) is 19.9. The summed E-state index contributed by atoms with van der Waals surface area (Å²) in [6.45, 7) is 2.11. The molecule has 1 aromatic rings. The van der Waals surface area contributed by atoms with Crippen molar-refractivity contribution in [2.75, 3.05) is 5.73 Å². The quantitative estimate of drug-likeness (QED) is 0.782. The molecule has 3 rings (SSSR count). The van der Waals surface area contributed by atoms with Crippen LogP contribution in [0.3, 0.4) is 0 Å². The van der Waals surface area contributed by atoms with Gasteiger partial charge >= 0.3 is 0 Å². The smallest absolute Gasteiger partial charge is 0.220 e. The second-order valence-electron chi connectivity index (χ2n) is 6.54. The van der Waals surface area contributed by atoms with Gasteiger partial charge in [0.2, 0.25) is 5.91 Å². The first-order valence-corrected chi connectivity index (χ1v) is 7.78. The topological polar surface area (TPSA) is 55.1 Å². The molecule has 1 unspecified atom stereocenters. The predicted molar refractivity (Wildman–Crippen MR) is 81.3 cm³/mol. The van der Waals surface area contributed by atoms with Gasteiger partial charge in [-0.1, -0.05) is 19.1 Å². The minimum absolute atomic E-state index is 0.207. The third-order valence-corrected chi connectivity index (χ3v) is 4.58. The zero-order chi connectivity index (χ0) is 14.1. The van der Waals surface area contributed by atoms with Crippen LogP contribution in [0.5, 0.6) is 0 Å². The summed E-state index contributed by atoms with van der Waals surface area (Å²) >= 11 is 0. The molecule has 108 valence electrons. The Balaban J connectivity index is 1.53. The molecule has 1 amide bonds. The van der Waals surface area contributed by atoms with E-state index in [9.17, 15) is 4.79 Å². The maximum atomic E-state index is 12.2. The average Bonchev–Trinajstić information content (AvgIpc) is 3.28. The van der Waals surface area contributed by atoms with Gasteiger partial charge in [-0.15, -0.1) is 0 Å². The highest BCUT2D eigenvalue weighted by molar-refractivity contribution is 5.77. The molecule has 0 radical (unpaired) electrons. The summed E-state index contributed by atoms with van der Waals surface area (Å²) in [6, 6.07) is 8.31. The zero-order valence-electron chi connectivity index (χ0n) is 12.1. The molecule has 0 aliphatic heterocycles. The molecule has 0 saturated heterocycles. The molecule has 2 aliphatic carbocycles. The van der Waals surface area contributed by atoms with Crippen LogP contribution in [0.4, 0.5) is 5.69 Å². The lowest BCUT2D eigenvalue weighted by Gasteiger charge is -2.19. The summed E-state index contributed by atoms with van der Waals surface area (Å²) in [5.41, 5.74) is 7.65. The fourth-order valence-corrected chi connectivity index (χ4v) is 3.00. The van der Waals surface area contributed by atoms with Crippen LogP contribution in [0.2, 0.25) is 0 Å². The molecule has 2 aliphatic rings. The van der Waals surface area contributed by atoms with Crippen molar-refractivity contribution < 1.29 is 4.79 Å². The first-order valence-electron chi connectivity index (χ1n) is 7.78. The third kappa shape index (κ3) is 3.33. The Bertz CT molecular complexity index is 462. The van der Waals surface area contributed by atoms with Gasteiger partial charge in [-0.25, -0.2) is 0 Å². The summed E-state index contributed by atoms with van der Waals surface area (Å²) in [5.74, 6) is 1.98. The van der Waals surface area contributed by atoms with Gasteiger partial charge in [0, 0.05) is 18.2 Å². The Kier molecular flexibility index (Phi) is 3.68. The second-order valence-corrected chi connectivity index (χ2v) is 6.54. The van der Waals surface area contributed by atoms with E-state index in [1.807, 2.05) is 24.3 Å². The number of anilines is 1. The van der Waals surface area contributed by atoms with Gasteiger partial charge in [-0.05, 0) is 61.1 Å². The van der Waals surface area contributed by atoms with Crippen LogP contribution in [-0.2, 0) is 4.79 Å². The molecule has 0 spiro atoms. The SMILES string of the molecule is CC(CC(=O)NC(C1CC1)C1CC1)c1ccc(N)cc1. The lowest BCUT2D eigenvalue weighted by molar-refractivity contribution is -0.122. The second kappa shape index (κ2) is 5.47. The van der Waals surface area contributed by atoms with Crippen molar-refractivity contribution in [3.05, 3.63) is 29.8 Å². The van der Waals surface area contributed by atoms with Crippen molar-refractivity contribution in [2.24, 2.45) is 11.8 Å². The Hall–Kier alpha value is -1.51. The van der Waals surface area contributed by atoms with Crippen molar-refractivity contribution in [1.29, 1.82) is 0 Å². The number of nitrogens with one attached hydrogen (secondary N) is 1. The number of hydrogen-bond acceptors (Lipinski definition) is 2. The lowest BCUT2D eigenvalue weighted by Crippen LogP contribution is -2.38. The van der Waals surface area contributed by atoms with Crippen LogP contribution in [0, 0.1) is 11.8 Å². The van der Waals surface area contributed by atoms with Gasteiger partial charge in [0.1, 0.15) is 0 Å². The highest BCUT2D eigenvalue weighted by Crippen LogP contribution is 2.44. The zero-order valence-corrected chi connectivity index (χ0v) is 12.1. The van der Waals surface area contributed by atoms with Crippen LogP contribution in [0.15, 0.2) is 24.3 Å². The number of hydrogen-bond donors (Lipinski definition) is 2. The summed E-state index contributed by atoms with van der Waals surface area (Å²) < 4.78 is 0. The van der Waals surface area contributed by atoms with Crippen LogP contribution in [0.1, 0.15) is 50.5 Å². The highest BCUT2D eigenvalue weighted by Gasteiger charge is 2.42. The van der Waals surface area contributed by atoms with Gasteiger partial charge in [-0.3, -0.25) is 4.79 Å². The maximum Gasteiger partial charge on any atom is 0.220 e. The van der Waals surface area contributed by atoms with Gasteiger partial charge in [0.15, 0.2) is 0 Å². The number of amides is 1. The molecule has 2 saturated carbocycles.